The second kappa shape index (κ2) is 13.9. The van der Waals surface area contributed by atoms with Gasteiger partial charge < -0.3 is 9.84 Å². The first-order valence-electron chi connectivity index (χ1n) is 13.2. The first-order valence-corrected chi connectivity index (χ1v) is 13.6. The van der Waals surface area contributed by atoms with Gasteiger partial charge in [0.2, 0.25) is 0 Å². The smallest absolute Gasteiger partial charge is 0.339 e. The topological polar surface area (TPSA) is 75.6 Å². The van der Waals surface area contributed by atoms with Crippen LogP contribution in [0.25, 0.3) is 6.08 Å². The normalized spacial score (nSPS) is 12.6. The van der Waals surface area contributed by atoms with Crippen LogP contribution in [-0.2, 0) is 19.9 Å². The van der Waals surface area contributed by atoms with Crippen LogP contribution in [0.5, 0.6) is 0 Å². The Kier molecular flexibility index (Phi) is 10.0. The fourth-order valence-corrected chi connectivity index (χ4v) is 4.93. The van der Waals surface area contributed by atoms with Crippen molar-refractivity contribution in [3.05, 3.63) is 148 Å². The lowest BCUT2D eigenvalue weighted by atomic mass is 9.77. The Bertz CT molecular complexity index is 1340. The zero-order chi connectivity index (χ0) is 28.4. The van der Waals surface area contributed by atoms with E-state index >= 15 is 0 Å². The number of halogens is 1. The van der Waals surface area contributed by atoms with Crippen LogP contribution in [0.15, 0.2) is 121 Å². The van der Waals surface area contributed by atoms with Crippen LogP contribution in [0, 0.1) is 0 Å². The van der Waals surface area contributed by atoms with E-state index in [1.54, 1.807) is 24.3 Å². The molecule has 0 fully saturated rings. The van der Waals surface area contributed by atoms with Gasteiger partial charge in [0.25, 0.3) is 0 Å². The zero-order valence-corrected chi connectivity index (χ0v) is 23.1. The molecule has 204 valence electrons. The maximum Gasteiger partial charge on any atom is 0.339 e. The van der Waals surface area contributed by atoms with Gasteiger partial charge in [0.15, 0.2) is 5.78 Å². The van der Waals surface area contributed by atoms with E-state index in [1.807, 2.05) is 61.5 Å². The number of Topliss-reactive ketones (excluding diaryl/α,β-unsaturated/α-hetero) is 1. The van der Waals surface area contributed by atoms with Crippen molar-refractivity contribution in [3.63, 3.8) is 0 Å². The number of carbonyl (C=O) groups excluding carboxylic acids is 1. The van der Waals surface area contributed by atoms with Gasteiger partial charge in [-0.2, -0.15) is 0 Å². The van der Waals surface area contributed by atoms with Gasteiger partial charge in [-0.05, 0) is 40.8 Å². The van der Waals surface area contributed by atoms with Gasteiger partial charge in [-0.3, -0.25) is 10.1 Å². The number of hydrogen-bond acceptors (Lipinski definition) is 4. The van der Waals surface area contributed by atoms with Gasteiger partial charge in [0.05, 0.1) is 11.6 Å². The third-order valence-electron chi connectivity index (χ3n) is 6.86. The Morgan fingerprint density at radius 1 is 0.825 bits per heavy atom. The second-order valence-electron chi connectivity index (χ2n) is 9.38. The van der Waals surface area contributed by atoms with Crippen molar-refractivity contribution >= 4 is 29.4 Å². The van der Waals surface area contributed by atoms with Crippen LogP contribution in [0.4, 0.5) is 0 Å². The number of carboxylic acid groups (broad SMARTS) is 1. The van der Waals surface area contributed by atoms with Crippen molar-refractivity contribution in [3.8, 4) is 0 Å². The van der Waals surface area contributed by atoms with E-state index in [0.29, 0.717) is 23.6 Å². The molecule has 0 heterocycles. The Hall–Kier alpha value is -4.03. The monoisotopic (exact) mass is 553 g/mol. The molecule has 5 nitrogen and oxygen atoms in total. The molecule has 4 aromatic rings. The van der Waals surface area contributed by atoms with Crippen LogP contribution in [0.1, 0.15) is 35.6 Å². The number of carbonyl (C=O) groups is 2. The highest BCUT2D eigenvalue weighted by Gasteiger charge is 2.36. The zero-order valence-electron chi connectivity index (χ0n) is 22.3. The molecular weight excluding hydrogens is 522 g/mol. The minimum Gasteiger partial charge on any atom is -0.478 e. The van der Waals surface area contributed by atoms with Crippen molar-refractivity contribution in [1.29, 1.82) is 0 Å². The Balaban J connectivity index is 1.59. The minimum absolute atomic E-state index is 0.352. The van der Waals surface area contributed by atoms with Gasteiger partial charge in [0, 0.05) is 11.6 Å². The molecule has 0 aliphatic carbocycles. The Morgan fingerprint density at radius 2 is 1.30 bits per heavy atom. The molecule has 4 rings (SSSR count). The van der Waals surface area contributed by atoms with E-state index in [9.17, 15) is 14.7 Å². The predicted octanol–water partition coefficient (Wildman–Crippen LogP) is 6.75. The number of aliphatic carboxylic acids is 1. The molecule has 0 aromatic heterocycles. The van der Waals surface area contributed by atoms with Crippen LogP contribution in [0.2, 0.25) is 5.02 Å². The molecule has 1 atom stereocenters. The van der Waals surface area contributed by atoms with Gasteiger partial charge >= 0.3 is 5.97 Å². The summed E-state index contributed by atoms with van der Waals surface area (Å²) in [5.41, 5.74) is 2.60. The molecule has 0 spiro atoms. The number of carboxylic acids is 1. The molecule has 1 unspecified atom stereocenters. The highest BCUT2D eigenvalue weighted by atomic mass is 35.5. The number of rotatable bonds is 13. The van der Waals surface area contributed by atoms with Crippen LogP contribution in [0.3, 0.4) is 0 Å². The fraction of sp³-hybridized carbons (Fsp3) is 0.176. The summed E-state index contributed by atoms with van der Waals surface area (Å²) in [7, 11) is 0. The third kappa shape index (κ3) is 6.75. The number of nitrogens with one attached hydrogen (secondary N) is 1. The fourth-order valence-electron chi connectivity index (χ4n) is 4.74. The van der Waals surface area contributed by atoms with E-state index in [2.05, 4.69) is 41.7 Å². The average Bonchev–Trinajstić information content (AvgIpc) is 3.00. The molecule has 0 bridgehead atoms. The maximum absolute atomic E-state index is 12.9. The van der Waals surface area contributed by atoms with Gasteiger partial charge in [0.1, 0.15) is 12.2 Å². The summed E-state index contributed by atoms with van der Waals surface area (Å²) >= 11 is 6.17. The lowest BCUT2D eigenvalue weighted by molar-refractivity contribution is -0.135. The second-order valence-corrected chi connectivity index (χ2v) is 9.79. The highest BCUT2D eigenvalue weighted by Crippen LogP contribution is 2.36. The van der Waals surface area contributed by atoms with E-state index < -0.39 is 17.3 Å². The van der Waals surface area contributed by atoms with E-state index in [0.717, 1.165) is 16.7 Å². The summed E-state index contributed by atoms with van der Waals surface area (Å²) in [4.78, 5) is 24.8. The molecule has 0 aliphatic heterocycles. The van der Waals surface area contributed by atoms with Crippen LogP contribution >= 0.6 is 11.6 Å². The molecule has 0 saturated carbocycles. The Morgan fingerprint density at radius 3 is 1.75 bits per heavy atom. The SMILES string of the molecule is CCC(CNC(c1ccccc1)(c1ccccc1)c1ccccc1)OCC(=O)C(=Cc1ccccc1Cl)C(=O)O. The van der Waals surface area contributed by atoms with E-state index in [-0.39, 0.29) is 18.3 Å². The average molecular weight is 554 g/mol. The molecule has 40 heavy (non-hydrogen) atoms. The van der Waals surface area contributed by atoms with Crippen molar-refractivity contribution in [2.24, 2.45) is 0 Å². The quantitative estimate of drug-likeness (QED) is 0.0828. The molecule has 6 heteroatoms. The summed E-state index contributed by atoms with van der Waals surface area (Å²) in [6.07, 6.45) is 1.56. The molecule has 0 aliphatic rings. The van der Waals surface area contributed by atoms with Crippen molar-refractivity contribution in [2.75, 3.05) is 13.2 Å². The van der Waals surface area contributed by atoms with Crippen molar-refractivity contribution < 1.29 is 19.4 Å². The highest BCUT2D eigenvalue weighted by molar-refractivity contribution is 6.32. The number of ether oxygens (including phenoxy) is 1. The number of benzene rings is 4. The Labute approximate surface area is 240 Å². The van der Waals surface area contributed by atoms with Gasteiger partial charge in [-0.25, -0.2) is 4.79 Å². The standard InChI is InChI=1S/C34H32ClNO4/c1-2-29(40-24-32(37)30(33(38)39)22-25-14-12-13-21-31(25)35)23-36-34(26-15-6-3-7-16-26,27-17-8-4-9-18-27)28-19-10-5-11-20-28/h3-22,29,36H,2,23-24H2,1H3,(H,38,39). The third-order valence-corrected chi connectivity index (χ3v) is 7.20. The maximum atomic E-state index is 12.9. The van der Waals surface area contributed by atoms with E-state index in [4.69, 9.17) is 16.3 Å². The molecule has 4 aromatic carbocycles. The molecule has 0 saturated heterocycles. The molecule has 0 amide bonds. The molecular formula is C34H32ClNO4. The number of ketones is 1. The van der Waals surface area contributed by atoms with Gasteiger partial charge in [-0.15, -0.1) is 0 Å². The predicted molar refractivity (Wildman–Crippen MR) is 159 cm³/mol. The number of hydrogen-bond donors (Lipinski definition) is 2. The van der Waals surface area contributed by atoms with Crippen molar-refractivity contribution in [2.45, 2.75) is 25.0 Å². The summed E-state index contributed by atoms with van der Waals surface area (Å²) in [6.45, 7) is 2.03. The summed E-state index contributed by atoms with van der Waals surface area (Å²) in [5, 5.41) is 13.8. The van der Waals surface area contributed by atoms with Gasteiger partial charge in [-0.1, -0.05) is 128 Å². The molecule has 2 N–H and O–H groups in total. The lowest BCUT2D eigenvalue weighted by Crippen LogP contribution is -2.48. The first-order chi connectivity index (χ1) is 19.5. The largest absolute Gasteiger partial charge is 0.478 e. The first kappa shape index (κ1) is 29.0. The van der Waals surface area contributed by atoms with E-state index in [1.165, 1.54) is 6.08 Å². The van der Waals surface area contributed by atoms with Crippen molar-refractivity contribution in [1.82, 2.24) is 5.32 Å². The van der Waals surface area contributed by atoms with Crippen LogP contribution in [-0.4, -0.2) is 36.1 Å². The lowest BCUT2D eigenvalue weighted by Gasteiger charge is -2.38. The minimum atomic E-state index is -1.32. The van der Waals surface area contributed by atoms with Crippen LogP contribution < -0.4 is 5.32 Å². The summed E-state index contributed by atoms with van der Waals surface area (Å²) in [5.74, 6) is -1.94. The summed E-state index contributed by atoms with van der Waals surface area (Å²) in [6, 6.07) is 37.4. The molecule has 0 radical (unpaired) electrons. The summed E-state index contributed by atoms with van der Waals surface area (Å²) < 4.78 is 6.01.